The molecule has 4 nitrogen and oxygen atoms in total. The average molecular weight is 324 g/mol. The molecule has 1 aromatic carbocycles. The van der Waals surface area contributed by atoms with Gasteiger partial charge in [-0.05, 0) is 31.5 Å². The molecule has 4 heteroatoms. The van der Waals surface area contributed by atoms with Crippen LogP contribution in [0.3, 0.4) is 0 Å². The van der Waals surface area contributed by atoms with Crippen LogP contribution in [0.25, 0.3) is 10.9 Å². The lowest BCUT2D eigenvalue weighted by Crippen LogP contribution is -2.50. The molecule has 3 heterocycles. The SMILES string of the molecule is C=C(C(C)N1CCN(C)CC1)N1CCn2c(cc3ccccc32)C1. The molecule has 0 bridgehead atoms. The van der Waals surface area contributed by atoms with Crippen LogP contribution >= 0.6 is 0 Å². The summed E-state index contributed by atoms with van der Waals surface area (Å²) in [5, 5.41) is 1.35. The number of piperazine rings is 1. The first-order valence-electron chi connectivity index (χ1n) is 9.07. The fourth-order valence-electron chi connectivity index (χ4n) is 4.09. The van der Waals surface area contributed by atoms with Crippen molar-refractivity contribution in [2.75, 3.05) is 39.8 Å². The Morgan fingerprint density at radius 1 is 1.04 bits per heavy atom. The summed E-state index contributed by atoms with van der Waals surface area (Å²) in [6.07, 6.45) is 0. The maximum Gasteiger partial charge on any atom is 0.0580 e. The zero-order valence-corrected chi connectivity index (χ0v) is 14.9. The van der Waals surface area contributed by atoms with E-state index < -0.39 is 0 Å². The first-order valence-corrected chi connectivity index (χ1v) is 9.07. The second kappa shape index (κ2) is 6.26. The monoisotopic (exact) mass is 324 g/mol. The first kappa shape index (κ1) is 15.7. The highest BCUT2D eigenvalue weighted by atomic mass is 15.3. The molecule has 2 aromatic rings. The predicted molar refractivity (Wildman–Crippen MR) is 100 cm³/mol. The van der Waals surface area contributed by atoms with Crippen molar-refractivity contribution in [1.29, 1.82) is 0 Å². The van der Waals surface area contributed by atoms with Crippen molar-refractivity contribution in [2.45, 2.75) is 26.1 Å². The largest absolute Gasteiger partial charge is 0.366 e. The van der Waals surface area contributed by atoms with E-state index in [1.54, 1.807) is 0 Å². The minimum Gasteiger partial charge on any atom is -0.366 e. The van der Waals surface area contributed by atoms with E-state index in [0.717, 1.165) is 45.8 Å². The van der Waals surface area contributed by atoms with Gasteiger partial charge in [-0.3, -0.25) is 4.90 Å². The van der Waals surface area contributed by atoms with Crippen LogP contribution in [0.2, 0.25) is 0 Å². The lowest BCUT2D eigenvalue weighted by atomic mass is 10.1. The van der Waals surface area contributed by atoms with Crippen LogP contribution < -0.4 is 0 Å². The zero-order valence-electron chi connectivity index (χ0n) is 14.9. The Labute approximate surface area is 144 Å². The second-order valence-electron chi connectivity index (χ2n) is 7.27. The number of para-hydroxylation sites is 1. The maximum atomic E-state index is 4.46. The highest BCUT2D eigenvalue weighted by molar-refractivity contribution is 5.81. The number of hydrogen-bond acceptors (Lipinski definition) is 3. The third-order valence-electron chi connectivity index (χ3n) is 5.82. The molecule has 0 amide bonds. The highest BCUT2D eigenvalue weighted by Crippen LogP contribution is 2.27. The maximum absolute atomic E-state index is 4.46. The molecule has 1 fully saturated rings. The van der Waals surface area contributed by atoms with E-state index in [1.807, 2.05) is 0 Å². The Kier molecular flexibility index (Phi) is 4.10. The predicted octanol–water partition coefficient (Wildman–Crippen LogP) is 2.61. The smallest absolute Gasteiger partial charge is 0.0580 e. The van der Waals surface area contributed by atoms with Crippen molar-refractivity contribution in [3.05, 3.63) is 48.3 Å². The third kappa shape index (κ3) is 2.74. The van der Waals surface area contributed by atoms with E-state index in [4.69, 9.17) is 0 Å². The number of fused-ring (bicyclic) bond motifs is 3. The summed E-state index contributed by atoms with van der Waals surface area (Å²) in [5.74, 6) is 0. The Morgan fingerprint density at radius 3 is 2.58 bits per heavy atom. The van der Waals surface area contributed by atoms with Crippen LogP contribution in [0, 0.1) is 0 Å². The van der Waals surface area contributed by atoms with Gasteiger partial charge in [-0.1, -0.05) is 24.8 Å². The highest BCUT2D eigenvalue weighted by Gasteiger charge is 2.26. The molecule has 1 atom stereocenters. The van der Waals surface area contributed by atoms with Crippen molar-refractivity contribution < 1.29 is 0 Å². The normalized spacial score (nSPS) is 21.0. The Bertz CT molecular complexity index is 739. The Morgan fingerprint density at radius 2 is 1.79 bits per heavy atom. The number of hydrogen-bond donors (Lipinski definition) is 0. The summed E-state index contributed by atoms with van der Waals surface area (Å²) in [5.41, 5.74) is 4.05. The van der Waals surface area contributed by atoms with Gasteiger partial charge >= 0.3 is 0 Å². The molecule has 0 aliphatic carbocycles. The molecule has 2 aliphatic heterocycles. The lowest BCUT2D eigenvalue weighted by molar-refractivity contribution is 0.113. The van der Waals surface area contributed by atoms with E-state index in [2.05, 4.69) is 70.1 Å². The molecular formula is C20H28N4. The molecule has 4 rings (SSSR count). The van der Waals surface area contributed by atoms with Crippen LogP contribution in [0.5, 0.6) is 0 Å². The molecule has 1 aromatic heterocycles. The van der Waals surface area contributed by atoms with E-state index in [-0.39, 0.29) is 0 Å². The van der Waals surface area contributed by atoms with Gasteiger partial charge in [-0.15, -0.1) is 0 Å². The standard InChI is InChI=1S/C20H28N4/c1-16(22-10-8-21(3)9-11-22)17(2)23-12-13-24-19(15-23)14-18-6-4-5-7-20(18)24/h4-7,14,16H,2,8-13,15H2,1,3H3. The summed E-state index contributed by atoms with van der Waals surface area (Å²) in [6.45, 7) is 14.5. The summed E-state index contributed by atoms with van der Waals surface area (Å²) < 4.78 is 2.47. The fourth-order valence-corrected chi connectivity index (χ4v) is 4.09. The lowest BCUT2D eigenvalue weighted by Gasteiger charge is -2.41. The van der Waals surface area contributed by atoms with Gasteiger partial charge in [0.05, 0.1) is 6.54 Å². The molecule has 24 heavy (non-hydrogen) atoms. The zero-order chi connectivity index (χ0) is 16.7. The quantitative estimate of drug-likeness (QED) is 0.862. The van der Waals surface area contributed by atoms with Crippen molar-refractivity contribution in [1.82, 2.24) is 19.3 Å². The van der Waals surface area contributed by atoms with Crippen molar-refractivity contribution in [2.24, 2.45) is 0 Å². The van der Waals surface area contributed by atoms with E-state index in [0.29, 0.717) is 6.04 Å². The fraction of sp³-hybridized carbons (Fsp3) is 0.500. The van der Waals surface area contributed by atoms with Crippen LogP contribution in [-0.4, -0.2) is 65.1 Å². The van der Waals surface area contributed by atoms with Crippen LogP contribution in [0.15, 0.2) is 42.6 Å². The minimum absolute atomic E-state index is 0.426. The van der Waals surface area contributed by atoms with Gasteiger partial charge in [0.2, 0.25) is 0 Å². The van der Waals surface area contributed by atoms with E-state index in [9.17, 15) is 0 Å². The van der Waals surface area contributed by atoms with E-state index in [1.165, 1.54) is 22.3 Å². The summed E-state index contributed by atoms with van der Waals surface area (Å²) >= 11 is 0. The molecule has 0 saturated carbocycles. The molecule has 0 N–H and O–H groups in total. The number of nitrogens with zero attached hydrogens (tertiary/aromatic N) is 4. The summed E-state index contributed by atoms with van der Waals surface area (Å²) in [6, 6.07) is 11.5. The van der Waals surface area contributed by atoms with Crippen molar-refractivity contribution >= 4 is 10.9 Å². The Balaban J connectivity index is 1.48. The molecule has 0 radical (unpaired) electrons. The molecule has 1 saturated heterocycles. The van der Waals surface area contributed by atoms with E-state index >= 15 is 0 Å². The van der Waals surface area contributed by atoms with Crippen LogP contribution in [-0.2, 0) is 13.1 Å². The molecule has 128 valence electrons. The van der Waals surface area contributed by atoms with Gasteiger partial charge in [0.15, 0.2) is 0 Å². The minimum atomic E-state index is 0.426. The molecule has 2 aliphatic rings. The topological polar surface area (TPSA) is 14.7 Å². The van der Waals surface area contributed by atoms with Gasteiger partial charge in [0, 0.05) is 62.2 Å². The summed E-state index contributed by atoms with van der Waals surface area (Å²) in [4.78, 5) is 7.47. The van der Waals surface area contributed by atoms with Gasteiger partial charge in [0.25, 0.3) is 0 Å². The number of benzene rings is 1. The third-order valence-corrected chi connectivity index (χ3v) is 5.82. The average Bonchev–Trinajstić information content (AvgIpc) is 2.99. The first-order chi connectivity index (χ1) is 11.6. The number of likely N-dealkylation sites (N-methyl/N-ethyl adjacent to an activating group) is 1. The van der Waals surface area contributed by atoms with Gasteiger partial charge in [-0.25, -0.2) is 0 Å². The van der Waals surface area contributed by atoms with Crippen molar-refractivity contribution in [3.63, 3.8) is 0 Å². The van der Waals surface area contributed by atoms with Gasteiger partial charge in [-0.2, -0.15) is 0 Å². The Hall–Kier alpha value is -1.78. The summed E-state index contributed by atoms with van der Waals surface area (Å²) in [7, 11) is 2.21. The molecular weight excluding hydrogens is 296 g/mol. The molecule has 1 unspecified atom stereocenters. The van der Waals surface area contributed by atoms with Gasteiger partial charge < -0.3 is 14.4 Å². The van der Waals surface area contributed by atoms with Crippen LogP contribution in [0.4, 0.5) is 0 Å². The van der Waals surface area contributed by atoms with Crippen LogP contribution in [0.1, 0.15) is 12.6 Å². The number of aromatic nitrogens is 1. The number of rotatable bonds is 3. The van der Waals surface area contributed by atoms with Gasteiger partial charge in [0.1, 0.15) is 0 Å². The van der Waals surface area contributed by atoms with Crippen molar-refractivity contribution in [3.8, 4) is 0 Å². The second-order valence-corrected chi connectivity index (χ2v) is 7.27. The molecule has 0 spiro atoms.